The number of amides is 1. The molecule has 0 aromatic carbocycles. The summed E-state index contributed by atoms with van der Waals surface area (Å²) in [5, 5.41) is 16.4. The van der Waals surface area contributed by atoms with Gasteiger partial charge in [-0.3, -0.25) is 4.79 Å². The van der Waals surface area contributed by atoms with Crippen molar-refractivity contribution in [3.05, 3.63) is 11.4 Å². The Labute approximate surface area is 150 Å². The highest BCUT2D eigenvalue weighted by molar-refractivity contribution is 5.93. The van der Waals surface area contributed by atoms with E-state index in [0.717, 1.165) is 12.8 Å². The lowest BCUT2D eigenvalue weighted by Crippen LogP contribution is -2.44. The highest BCUT2D eigenvalue weighted by Crippen LogP contribution is 2.24. The Morgan fingerprint density at radius 1 is 1.32 bits per heavy atom. The summed E-state index contributed by atoms with van der Waals surface area (Å²) >= 11 is 0. The molecular formula is C18H33N5O2. The first-order chi connectivity index (χ1) is 11.6. The van der Waals surface area contributed by atoms with Crippen LogP contribution >= 0.6 is 0 Å². The Morgan fingerprint density at radius 3 is 2.44 bits per heavy atom. The molecule has 0 saturated heterocycles. The predicted molar refractivity (Wildman–Crippen MR) is 102 cm³/mol. The van der Waals surface area contributed by atoms with Gasteiger partial charge in [-0.15, -0.1) is 0 Å². The van der Waals surface area contributed by atoms with Crippen LogP contribution in [0.25, 0.3) is 0 Å². The van der Waals surface area contributed by atoms with Gasteiger partial charge in [0.15, 0.2) is 0 Å². The van der Waals surface area contributed by atoms with Crippen molar-refractivity contribution >= 4 is 18.6 Å². The molecule has 4 atom stereocenters. The van der Waals surface area contributed by atoms with Crippen molar-refractivity contribution in [1.29, 1.82) is 0 Å². The second-order valence-corrected chi connectivity index (χ2v) is 7.28. The minimum Gasteiger partial charge on any atom is -0.393 e. The standard InChI is InChI=1S/C18H33N5O2/c1-10(2)13(5)21-18(20-6)23-17(12(4)16(19)25)22-14-8-7-11(3)15(24)9-14/h10-11,13-15,22,24H,6-9H2,1-5H3,(H2,19,25)(H,21,23)/b17-12+/t11-,13-,14-,15-/m1/s1. The van der Waals surface area contributed by atoms with Gasteiger partial charge in [0.05, 0.1) is 17.7 Å². The van der Waals surface area contributed by atoms with Gasteiger partial charge in [-0.2, -0.15) is 0 Å². The molecule has 1 aliphatic carbocycles. The molecule has 5 N–H and O–H groups in total. The quantitative estimate of drug-likeness (QED) is 0.330. The number of nitrogens with one attached hydrogen (secondary N) is 2. The fourth-order valence-electron chi connectivity index (χ4n) is 2.56. The van der Waals surface area contributed by atoms with E-state index in [2.05, 4.69) is 41.2 Å². The van der Waals surface area contributed by atoms with E-state index in [9.17, 15) is 9.90 Å². The maximum absolute atomic E-state index is 11.6. The van der Waals surface area contributed by atoms with E-state index in [0.29, 0.717) is 29.7 Å². The second-order valence-electron chi connectivity index (χ2n) is 7.28. The molecule has 0 bridgehead atoms. The third kappa shape index (κ3) is 6.49. The molecule has 0 radical (unpaired) electrons. The van der Waals surface area contributed by atoms with E-state index in [1.807, 2.05) is 13.8 Å². The zero-order valence-electron chi connectivity index (χ0n) is 16.0. The fourth-order valence-corrected chi connectivity index (χ4v) is 2.56. The summed E-state index contributed by atoms with van der Waals surface area (Å²) in [5.41, 5.74) is 5.81. The van der Waals surface area contributed by atoms with Crippen molar-refractivity contribution in [2.24, 2.45) is 27.6 Å². The van der Waals surface area contributed by atoms with Gasteiger partial charge in [-0.25, -0.2) is 9.98 Å². The van der Waals surface area contributed by atoms with Gasteiger partial charge < -0.3 is 21.5 Å². The van der Waals surface area contributed by atoms with Gasteiger partial charge in [-0.05, 0) is 51.7 Å². The summed E-state index contributed by atoms with van der Waals surface area (Å²) in [6.07, 6.45) is 2.10. The van der Waals surface area contributed by atoms with Crippen LogP contribution in [0.4, 0.5) is 0 Å². The highest BCUT2D eigenvalue weighted by Gasteiger charge is 2.27. The molecule has 7 heteroatoms. The van der Waals surface area contributed by atoms with Gasteiger partial charge >= 0.3 is 0 Å². The fraction of sp³-hybridized carbons (Fsp3) is 0.722. The summed E-state index contributed by atoms with van der Waals surface area (Å²) in [6.45, 7) is 13.4. The first kappa shape index (κ1) is 21.2. The number of primary amides is 1. The molecule has 1 amide bonds. The van der Waals surface area contributed by atoms with E-state index < -0.39 is 5.91 Å². The van der Waals surface area contributed by atoms with Gasteiger partial charge in [-0.1, -0.05) is 20.8 Å². The third-order valence-corrected chi connectivity index (χ3v) is 4.92. The van der Waals surface area contributed by atoms with E-state index >= 15 is 0 Å². The molecule has 25 heavy (non-hydrogen) atoms. The number of hydrogen-bond acceptors (Lipinski definition) is 4. The number of rotatable bonds is 6. The molecule has 0 unspecified atom stereocenters. The zero-order chi connectivity index (χ0) is 19.1. The lowest BCUT2D eigenvalue weighted by molar-refractivity contribution is -0.114. The number of aliphatic imine (C=N–C) groups is 2. The number of hydrogen-bond donors (Lipinski definition) is 4. The van der Waals surface area contributed by atoms with Crippen LogP contribution < -0.4 is 16.4 Å². The molecule has 1 aliphatic rings. The van der Waals surface area contributed by atoms with Crippen LogP contribution in [0.5, 0.6) is 0 Å². The summed E-state index contributed by atoms with van der Waals surface area (Å²) in [5.74, 6) is 0.927. The zero-order valence-corrected chi connectivity index (χ0v) is 16.0. The van der Waals surface area contributed by atoms with Crippen molar-refractivity contribution in [3.63, 3.8) is 0 Å². The Kier molecular flexibility index (Phi) is 8.09. The Hall–Kier alpha value is -1.89. The van der Waals surface area contributed by atoms with Crippen LogP contribution in [0.3, 0.4) is 0 Å². The summed E-state index contributed by atoms with van der Waals surface area (Å²) in [4.78, 5) is 20.1. The largest absolute Gasteiger partial charge is 0.393 e. The second kappa shape index (κ2) is 9.56. The first-order valence-electron chi connectivity index (χ1n) is 8.92. The normalized spacial score (nSPS) is 26.7. The van der Waals surface area contributed by atoms with Gasteiger partial charge in [0.1, 0.15) is 5.82 Å². The van der Waals surface area contributed by atoms with Gasteiger partial charge in [0, 0.05) is 6.04 Å². The van der Waals surface area contributed by atoms with Crippen LogP contribution in [-0.4, -0.2) is 41.9 Å². The maximum Gasteiger partial charge on any atom is 0.247 e. The van der Waals surface area contributed by atoms with Gasteiger partial charge in [0.2, 0.25) is 11.9 Å². The van der Waals surface area contributed by atoms with Crippen molar-refractivity contribution in [1.82, 2.24) is 10.6 Å². The molecule has 0 spiro atoms. The van der Waals surface area contributed by atoms with Crippen LogP contribution in [0.2, 0.25) is 0 Å². The number of carbonyl (C=O) groups is 1. The highest BCUT2D eigenvalue weighted by atomic mass is 16.3. The molecule has 0 heterocycles. The topological polar surface area (TPSA) is 112 Å². The van der Waals surface area contributed by atoms with Crippen molar-refractivity contribution in [2.75, 3.05) is 0 Å². The van der Waals surface area contributed by atoms with Crippen molar-refractivity contribution < 1.29 is 9.90 Å². The maximum atomic E-state index is 11.6. The predicted octanol–water partition coefficient (Wildman–Crippen LogP) is 1.53. The van der Waals surface area contributed by atoms with Crippen molar-refractivity contribution in [3.8, 4) is 0 Å². The molecule has 1 fully saturated rings. The Morgan fingerprint density at radius 2 is 1.96 bits per heavy atom. The smallest absolute Gasteiger partial charge is 0.247 e. The number of nitrogens with zero attached hydrogens (tertiary/aromatic N) is 2. The Balaban J connectivity index is 2.96. The molecule has 0 aromatic heterocycles. The van der Waals surface area contributed by atoms with E-state index in [-0.39, 0.29) is 24.1 Å². The number of aliphatic hydroxyl groups excluding tert-OH is 1. The minimum atomic E-state index is -0.528. The molecular weight excluding hydrogens is 318 g/mol. The average Bonchev–Trinajstić information content (AvgIpc) is 2.55. The van der Waals surface area contributed by atoms with E-state index in [1.54, 1.807) is 6.92 Å². The lowest BCUT2D eigenvalue weighted by Gasteiger charge is -2.33. The Bertz CT molecular complexity index is 542. The lowest BCUT2D eigenvalue weighted by atomic mass is 9.85. The van der Waals surface area contributed by atoms with Crippen molar-refractivity contribution in [2.45, 2.75) is 72.1 Å². The van der Waals surface area contributed by atoms with Gasteiger partial charge in [0.25, 0.3) is 0 Å². The number of guanidine groups is 1. The molecule has 1 rings (SSSR count). The molecule has 1 saturated carbocycles. The SMILES string of the molecule is C=NC(=N[C@H](C)C(C)C)N/C(N[C@@H]1CC[C@@H](C)[C@H](O)C1)=C(\C)C(N)=O. The van der Waals surface area contributed by atoms with E-state index in [1.165, 1.54) is 0 Å². The van der Waals surface area contributed by atoms with Crippen LogP contribution in [0, 0.1) is 11.8 Å². The van der Waals surface area contributed by atoms with Crippen LogP contribution in [0.15, 0.2) is 21.4 Å². The van der Waals surface area contributed by atoms with E-state index in [4.69, 9.17) is 5.73 Å². The molecule has 142 valence electrons. The van der Waals surface area contributed by atoms with Crippen LogP contribution in [0.1, 0.15) is 53.9 Å². The first-order valence-corrected chi connectivity index (χ1v) is 8.92. The summed E-state index contributed by atoms with van der Waals surface area (Å²) in [7, 11) is 0. The minimum absolute atomic E-state index is 0.0524. The third-order valence-electron chi connectivity index (χ3n) is 4.92. The molecule has 0 aliphatic heterocycles. The number of carbonyl (C=O) groups excluding carboxylic acids is 1. The number of aliphatic hydroxyl groups is 1. The monoisotopic (exact) mass is 351 g/mol. The molecule has 7 nitrogen and oxygen atoms in total. The summed E-state index contributed by atoms with van der Waals surface area (Å²) in [6, 6.07) is 0.108. The summed E-state index contributed by atoms with van der Waals surface area (Å²) < 4.78 is 0. The molecule has 0 aromatic rings. The average molecular weight is 351 g/mol. The van der Waals surface area contributed by atoms with Crippen LogP contribution in [-0.2, 0) is 4.79 Å². The number of nitrogens with two attached hydrogens (primary N) is 1.